The van der Waals surface area contributed by atoms with E-state index in [4.69, 9.17) is 13.8 Å². The van der Waals surface area contributed by atoms with E-state index in [1.807, 2.05) is 33.3 Å². The summed E-state index contributed by atoms with van der Waals surface area (Å²) in [7, 11) is 1.48. The molecule has 0 aromatic carbocycles. The van der Waals surface area contributed by atoms with Crippen LogP contribution in [0.15, 0.2) is 85.1 Å². The van der Waals surface area contributed by atoms with Gasteiger partial charge < -0.3 is 19.4 Å². The van der Waals surface area contributed by atoms with Crippen LogP contribution in [0.4, 0.5) is 0 Å². The largest absolute Gasteiger partial charge is 0.472 e. The summed E-state index contributed by atoms with van der Waals surface area (Å²) in [4.78, 5) is 37.7. The standard InChI is InChI=1S/C66H119N2O7P/c1-7-10-13-16-19-22-25-28-30-32-33-34-35-37-39-41-44-47-50-53-56-59-66(70)75-64(57-54-51-48-45-42-27-24-21-18-15-12-9-3)63(62-74-76(71,72)73-61-60-68(4,5)6)67-65(69)58-55-52-49-46-43-40-38-36-31-29-26-23-20-17-14-11-8-2/h10,13,19,22,28-31,33-34,37,39,54,57,63-64H,7-9,11-12,14-18,20-21,23-27,32,35-36,38,40-53,55-56,58-62H2,1-6H3,(H-,67,69,71,72)/p+1/b13-10-,22-19-,30-28-,31-29+,34-33-,39-37-,57-54+. The van der Waals surface area contributed by atoms with Crippen LogP contribution in [0.3, 0.4) is 0 Å². The maximum absolute atomic E-state index is 13.5. The second-order valence-electron chi connectivity index (χ2n) is 22.2. The second kappa shape index (κ2) is 55.5. The third kappa shape index (κ3) is 55.9. The van der Waals surface area contributed by atoms with Crippen molar-refractivity contribution in [2.75, 3.05) is 40.9 Å². The first-order chi connectivity index (χ1) is 36.9. The zero-order valence-corrected chi connectivity index (χ0v) is 51.1. The quantitative estimate of drug-likeness (QED) is 0.0205. The summed E-state index contributed by atoms with van der Waals surface area (Å²) < 4.78 is 30.7. The molecule has 1 amide bonds. The van der Waals surface area contributed by atoms with Crippen LogP contribution in [0.1, 0.15) is 271 Å². The fourth-order valence-corrected chi connectivity index (χ4v) is 9.46. The Labute approximate surface area is 469 Å². The Bertz CT molecular complexity index is 1580. The molecule has 0 saturated carbocycles. The number of quaternary nitrogens is 1. The summed E-state index contributed by atoms with van der Waals surface area (Å²) in [6, 6.07) is -0.862. The van der Waals surface area contributed by atoms with Gasteiger partial charge in [0.2, 0.25) is 5.91 Å². The molecule has 0 aliphatic heterocycles. The minimum atomic E-state index is -4.46. The first kappa shape index (κ1) is 73.2. The van der Waals surface area contributed by atoms with Gasteiger partial charge in [0, 0.05) is 12.8 Å². The van der Waals surface area contributed by atoms with E-state index in [1.165, 1.54) is 116 Å². The van der Waals surface area contributed by atoms with Gasteiger partial charge in [0.1, 0.15) is 19.3 Å². The number of hydrogen-bond donors (Lipinski definition) is 2. The number of phosphoric acid groups is 1. The highest BCUT2D eigenvalue weighted by Crippen LogP contribution is 2.43. The number of esters is 1. The van der Waals surface area contributed by atoms with Gasteiger partial charge in [-0.2, -0.15) is 0 Å². The Morgan fingerprint density at radius 3 is 1.28 bits per heavy atom. The lowest BCUT2D eigenvalue weighted by molar-refractivity contribution is -0.870. The van der Waals surface area contributed by atoms with Crippen LogP contribution in [0, 0.1) is 0 Å². The molecule has 0 bridgehead atoms. The Balaban J connectivity index is 5.29. The fourth-order valence-electron chi connectivity index (χ4n) is 8.73. The molecule has 0 spiro atoms. The van der Waals surface area contributed by atoms with Gasteiger partial charge in [-0.3, -0.25) is 18.6 Å². The molecule has 0 aliphatic rings. The van der Waals surface area contributed by atoms with E-state index in [2.05, 4.69) is 99.0 Å². The van der Waals surface area contributed by atoms with Crippen LogP contribution >= 0.6 is 7.82 Å². The van der Waals surface area contributed by atoms with Gasteiger partial charge in [-0.25, -0.2) is 4.57 Å². The number of hydrogen-bond acceptors (Lipinski definition) is 6. The molecule has 0 aromatic rings. The Morgan fingerprint density at radius 1 is 0.474 bits per heavy atom. The van der Waals surface area contributed by atoms with Crippen molar-refractivity contribution in [1.82, 2.24) is 5.32 Å². The van der Waals surface area contributed by atoms with Gasteiger partial charge in [-0.05, 0) is 102 Å². The second-order valence-corrected chi connectivity index (χ2v) is 23.6. The molecule has 440 valence electrons. The third-order valence-electron chi connectivity index (χ3n) is 13.6. The van der Waals surface area contributed by atoms with Crippen LogP contribution < -0.4 is 5.32 Å². The molecule has 0 saturated heterocycles. The molecule has 2 N–H and O–H groups in total. The van der Waals surface area contributed by atoms with Crippen molar-refractivity contribution in [2.45, 2.75) is 283 Å². The third-order valence-corrected chi connectivity index (χ3v) is 14.6. The molecule has 0 aliphatic carbocycles. The molecule has 0 heterocycles. The van der Waals surface area contributed by atoms with Crippen LogP contribution in [0.2, 0.25) is 0 Å². The molecule has 3 atom stereocenters. The highest BCUT2D eigenvalue weighted by atomic mass is 31.2. The lowest BCUT2D eigenvalue weighted by atomic mass is 10.0. The summed E-state index contributed by atoms with van der Waals surface area (Å²) >= 11 is 0. The van der Waals surface area contributed by atoms with Crippen molar-refractivity contribution in [2.24, 2.45) is 0 Å². The van der Waals surface area contributed by atoms with E-state index in [9.17, 15) is 19.0 Å². The summed E-state index contributed by atoms with van der Waals surface area (Å²) in [5.74, 6) is -0.532. The summed E-state index contributed by atoms with van der Waals surface area (Å²) in [6.07, 6.45) is 72.9. The average molecular weight is 1080 g/mol. The molecule has 10 heteroatoms. The molecule has 9 nitrogen and oxygen atoms in total. The lowest BCUT2D eigenvalue weighted by Crippen LogP contribution is -2.47. The van der Waals surface area contributed by atoms with Crippen molar-refractivity contribution in [3.05, 3.63) is 85.1 Å². The van der Waals surface area contributed by atoms with Crippen molar-refractivity contribution >= 4 is 19.7 Å². The zero-order chi connectivity index (χ0) is 55.7. The zero-order valence-electron chi connectivity index (χ0n) is 50.2. The SMILES string of the molecule is CC/C=C\C/C=C\C/C=C\C/C=C\C/C=C\CCCCCCCC(=O)OC(/C=C/CCCCCCCCCCCC)C(COP(=O)(O)OCC[N+](C)(C)C)NC(=O)CCCCCCCCC/C=C/CCCCCCCC. The van der Waals surface area contributed by atoms with Gasteiger partial charge in [-0.15, -0.1) is 0 Å². The fraction of sp³-hybridized carbons (Fsp3) is 0.758. The Hall–Kier alpha value is -2.81. The minimum Gasteiger partial charge on any atom is -0.456 e. The van der Waals surface area contributed by atoms with E-state index >= 15 is 0 Å². The van der Waals surface area contributed by atoms with Gasteiger partial charge in [0.05, 0.1) is 33.8 Å². The van der Waals surface area contributed by atoms with Gasteiger partial charge in [0.15, 0.2) is 0 Å². The van der Waals surface area contributed by atoms with Crippen molar-refractivity contribution < 1.29 is 37.3 Å². The lowest BCUT2D eigenvalue weighted by Gasteiger charge is -2.27. The average Bonchev–Trinajstić information content (AvgIpc) is 3.38. The molecular weight excluding hydrogens is 964 g/mol. The smallest absolute Gasteiger partial charge is 0.456 e. The highest BCUT2D eigenvalue weighted by Gasteiger charge is 2.30. The normalized spacial score (nSPS) is 14.2. The topological polar surface area (TPSA) is 111 Å². The number of ether oxygens (including phenoxy) is 1. The number of carbonyl (C=O) groups is 2. The minimum absolute atomic E-state index is 0.0330. The Morgan fingerprint density at radius 2 is 0.842 bits per heavy atom. The molecule has 3 unspecified atom stereocenters. The van der Waals surface area contributed by atoms with Crippen LogP contribution in [0.5, 0.6) is 0 Å². The van der Waals surface area contributed by atoms with Crippen molar-refractivity contribution in [3.8, 4) is 0 Å². The van der Waals surface area contributed by atoms with Gasteiger partial charge in [-0.1, -0.05) is 241 Å². The van der Waals surface area contributed by atoms with Gasteiger partial charge in [0.25, 0.3) is 0 Å². The van der Waals surface area contributed by atoms with Crippen molar-refractivity contribution in [1.29, 1.82) is 0 Å². The number of amides is 1. The number of likely N-dealkylation sites (N-methyl/N-ethyl adjacent to an activating group) is 1. The first-order valence-corrected chi connectivity index (χ1v) is 32.9. The van der Waals surface area contributed by atoms with E-state index in [0.29, 0.717) is 23.9 Å². The predicted octanol–water partition coefficient (Wildman–Crippen LogP) is 19.4. The number of rotatable bonds is 56. The van der Waals surface area contributed by atoms with Crippen LogP contribution in [-0.4, -0.2) is 74.3 Å². The predicted molar refractivity (Wildman–Crippen MR) is 328 cm³/mol. The number of nitrogens with zero attached hydrogens (tertiary/aromatic N) is 1. The van der Waals surface area contributed by atoms with Gasteiger partial charge >= 0.3 is 13.8 Å². The van der Waals surface area contributed by atoms with Crippen molar-refractivity contribution in [3.63, 3.8) is 0 Å². The van der Waals surface area contributed by atoms with E-state index < -0.39 is 20.0 Å². The van der Waals surface area contributed by atoms with E-state index in [1.54, 1.807) is 0 Å². The van der Waals surface area contributed by atoms with E-state index in [-0.39, 0.29) is 31.5 Å². The maximum atomic E-state index is 13.5. The molecule has 0 aromatic heterocycles. The molecule has 0 rings (SSSR count). The van der Waals surface area contributed by atoms with Crippen LogP contribution in [-0.2, 0) is 27.9 Å². The van der Waals surface area contributed by atoms with Crippen LogP contribution in [0.25, 0.3) is 0 Å². The summed E-state index contributed by atoms with van der Waals surface area (Å²) in [5.41, 5.74) is 0. The molecule has 76 heavy (non-hydrogen) atoms. The monoisotopic (exact) mass is 1080 g/mol. The molecule has 0 radical (unpaired) electrons. The first-order valence-electron chi connectivity index (χ1n) is 31.4. The molecular formula is C66H120N2O7P+. The maximum Gasteiger partial charge on any atom is 0.472 e. The van der Waals surface area contributed by atoms with E-state index in [0.717, 1.165) is 116 Å². The number of phosphoric ester groups is 1. The molecule has 0 fully saturated rings. The summed E-state index contributed by atoms with van der Waals surface area (Å²) in [6.45, 7) is 6.88. The summed E-state index contributed by atoms with van der Waals surface area (Å²) in [5, 5.41) is 3.05. The highest BCUT2D eigenvalue weighted by molar-refractivity contribution is 7.47. The Kier molecular flexibility index (Phi) is 53.5. The number of allylic oxidation sites excluding steroid dienone is 13. The number of unbranched alkanes of at least 4 members (excludes halogenated alkanes) is 28. The number of nitrogens with one attached hydrogen (secondary N) is 1. The number of carbonyl (C=O) groups excluding carboxylic acids is 2.